The van der Waals surface area contributed by atoms with Crippen molar-refractivity contribution in [3.63, 3.8) is 0 Å². The van der Waals surface area contributed by atoms with Gasteiger partial charge in [-0.05, 0) is 12.5 Å². The van der Waals surface area contributed by atoms with Crippen molar-refractivity contribution in [3.05, 3.63) is 58.0 Å². The average molecular weight is 288 g/mol. The van der Waals surface area contributed by atoms with E-state index >= 15 is 0 Å². The molecule has 1 aromatic carbocycles. The molecule has 0 aliphatic heterocycles. The first kappa shape index (κ1) is 14.3. The Labute approximate surface area is 121 Å². The van der Waals surface area contributed by atoms with Crippen molar-refractivity contribution in [1.82, 2.24) is 9.97 Å². The van der Waals surface area contributed by atoms with Crippen LogP contribution in [-0.4, -0.2) is 15.8 Å². The van der Waals surface area contributed by atoms with E-state index in [4.69, 9.17) is 11.1 Å². The minimum absolute atomic E-state index is 0.0429. The van der Waals surface area contributed by atoms with Crippen molar-refractivity contribution >= 4 is 17.6 Å². The zero-order chi connectivity index (χ0) is 14.5. The Balaban J connectivity index is 2.28. The lowest BCUT2D eigenvalue weighted by molar-refractivity contribution is 0.888. The third-order valence-corrected chi connectivity index (χ3v) is 3.82. The maximum Gasteiger partial charge on any atom is 0.251 e. The van der Waals surface area contributed by atoms with Gasteiger partial charge in [0.15, 0.2) is 5.16 Å². The monoisotopic (exact) mass is 288 g/mol. The van der Waals surface area contributed by atoms with Gasteiger partial charge in [-0.3, -0.25) is 10.2 Å². The maximum atomic E-state index is 11.5. The number of aromatic amines is 1. The molecule has 0 fully saturated rings. The van der Waals surface area contributed by atoms with E-state index in [-0.39, 0.29) is 16.6 Å². The largest absolute Gasteiger partial charge is 0.388 e. The molecule has 1 aromatic heterocycles. The van der Waals surface area contributed by atoms with Gasteiger partial charge in [-0.1, -0.05) is 42.1 Å². The molecule has 20 heavy (non-hydrogen) atoms. The molecule has 2 rings (SSSR count). The molecule has 0 aliphatic carbocycles. The molecule has 6 heteroatoms. The Bertz CT molecular complexity index is 654. The van der Waals surface area contributed by atoms with Crippen molar-refractivity contribution in [2.75, 3.05) is 0 Å². The van der Waals surface area contributed by atoms with E-state index in [1.807, 2.05) is 30.3 Å². The number of aromatic nitrogens is 2. The number of aryl methyl sites for hydroxylation is 1. The Morgan fingerprint density at radius 1 is 1.45 bits per heavy atom. The van der Waals surface area contributed by atoms with E-state index in [0.29, 0.717) is 17.3 Å². The average Bonchev–Trinajstić information content (AvgIpc) is 2.37. The molecule has 1 heterocycles. The summed E-state index contributed by atoms with van der Waals surface area (Å²) in [5.41, 5.74) is 7.07. The van der Waals surface area contributed by atoms with Crippen LogP contribution in [0.25, 0.3) is 0 Å². The van der Waals surface area contributed by atoms with Crippen LogP contribution in [0.3, 0.4) is 0 Å². The van der Waals surface area contributed by atoms with Crippen LogP contribution in [0, 0.1) is 12.3 Å². The molecule has 104 valence electrons. The van der Waals surface area contributed by atoms with Crippen LogP contribution in [0.2, 0.25) is 0 Å². The number of benzene rings is 1. The topological polar surface area (TPSA) is 95.6 Å². The van der Waals surface area contributed by atoms with Gasteiger partial charge >= 0.3 is 0 Å². The fourth-order valence-corrected chi connectivity index (χ4v) is 3.02. The van der Waals surface area contributed by atoms with Gasteiger partial charge in [0, 0.05) is 23.4 Å². The first-order valence-corrected chi connectivity index (χ1v) is 7.05. The molecule has 0 spiro atoms. The number of nitrogens with one attached hydrogen (secondary N) is 2. The summed E-state index contributed by atoms with van der Waals surface area (Å²) in [7, 11) is 0. The first-order valence-electron chi connectivity index (χ1n) is 6.17. The molecule has 0 amide bonds. The second-order valence-electron chi connectivity index (χ2n) is 4.44. The van der Waals surface area contributed by atoms with E-state index in [2.05, 4.69) is 9.97 Å². The van der Waals surface area contributed by atoms with E-state index < -0.39 is 0 Å². The molecule has 2 aromatic rings. The highest BCUT2D eigenvalue weighted by Crippen LogP contribution is 2.35. The van der Waals surface area contributed by atoms with Crippen LogP contribution in [0.1, 0.15) is 22.9 Å². The van der Waals surface area contributed by atoms with E-state index in [0.717, 1.165) is 5.56 Å². The summed E-state index contributed by atoms with van der Waals surface area (Å²) in [6, 6.07) is 11.2. The lowest BCUT2D eigenvalue weighted by Gasteiger charge is -2.15. The number of thioether (sulfide) groups is 1. The molecule has 1 unspecified atom stereocenters. The molecule has 0 radical (unpaired) electrons. The highest BCUT2D eigenvalue weighted by molar-refractivity contribution is 7.99. The number of nitrogens with two attached hydrogens (primary N) is 1. The molecular formula is C14H16N4OS. The summed E-state index contributed by atoms with van der Waals surface area (Å²) >= 11 is 1.41. The predicted octanol–water partition coefficient (Wildman–Crippen LogP) is 2.24. The SMILES string of the molecule is Cc1cc(=O)[nH]c(SC(CC(=N)N)c2ccccc2)n1. The van der Waals surface area contributed by atoms with Gasteiger partial charge in [0.2, 0.25) is 0 Å². The summed E-state index contributed by atoms with van der Waals surface area (Å²) in [6.45, 7) is 1.78. The summed E-state index contributed by atoms with van der Waals surface area (Å²) in [5, 5.41) is 8.00. The predicted molar refractivity (Wildman–Crippen MR) is 81.2 cm³/mol. The molecule has 0 aliphatic rings. The Morgan fingerprint density at radius 2 is 2.15 bits per heavy atom. The van der Waals surface area contributed by atoms with E-state index in [1.54, 1.807) is 6.92 Å². The van der Waals surface area contributed by atoms with Gasteiger partial charge in [-0.25, -0.2) is 4.98 Å². The van der Waals surface area contributed by atoms with Crippen LogP contribution in [-0.2, 0) is 0 Å². The molecule has 0 saturated carbocycles. The molecule has 5 nitrogen and oxygen atoms in total. The number of H-pyrrole nitrogens is 1. The lowest BCUT2D eigenvalue weighted by atomic mass is 10.1. The molecule has 1 atom stereocenters. The summed E-state index contributed by atoms with van der Waals surface area (Å²) in [5.74, 6) is 0.112. The summed E-state index contributed by atoms with van der Waals surface area (Å²) in [6.07, 6.45) is 0.409. The van der Waals surface area contributed by atoms with E-state index in [9.17, 15) is 4.79 Å². The number of rotatable bonds is 5. The number of hydrogen-bond donors (Lipinski definition) is 3. The molecule has 0 saturated heterocycles. The fraction of sp³-hybridized carbons (Fsp3) is 0.214. The third-order valence-electron chi connectivity index (χ3n) is 2.68. The van der Waals surface area contributed by atoms with Crippen LogP contribution in [0.5, 0.6) is 0 Å². The van der Waals surface area contributed by atoms with Gasteiger partial charge < -0.3 is 10.7 Å². The Kier molecular flexibility index (Phi) is 4.57. The summed E-state index contributed by atoms with van der Waals surface area (Å²) < 4.78 is 0. The van der Waals surface area contributed by atoms with Gasteiger partial charge in [-0.2, -0.15) is 0 Å². The Hall–Kier alpha value is -2.08. The number of nitrogens with zero attached hydrogens (tertiary/aromatic N) is 1. The second-order valence-corrected chi connectivity index (χ2v) is 5.63. The third kappa shape index (κ3) is 3.96. The lowest BCUT2D eigenvalue weighted by Crippen LogP contribution is -2.14. The van der Waals surface area contributed by atoms with Crippen LogP contribution in [0.4, 0.5) is 0 Å². The highest BCUT2D eigenvalue weighted by Gasteiger charge is 2.16. The first-order chi connectivity index (χ1) is 9.54. The molecule has 4 N–H and O–H groups in total. The Morgan fingerprint density at radius 3 is 2.75 bits per heavy atom. The summed E-state index contributed by atoms with van der Waals surface area (Å²) in [4.78, 5) is 18.5. The number of amidine groups is 1. The maximum absolute atomic E-state index is 11.5. The smallest absolute Gasteiger partial charge is 0.251 e. The minimum Gasteiger partial charge on any atom is -0.388 e. The highest BCUT2D eigenvalue weighted by atomic mass is 32.2. The zero-order valence-electron chi connectivity index (χ0n) is 11.1. The van der Waals surface area contributed by atoms with Crippen molar-refractivity contribution in [1.29, 1.82) is 5.41 Å². The van der Waals surface area contributed by atoms with Crippen LogP contribution >= 0.6 is 11.8 Å². The van der Waals surface area contributed by atoms with Crippen LogP contribution < -0.4 is 11.3 Å². The normalized spacial score (nSPS) is 12.1. The number of hydrogen-bond acceptors (Lipinski definition) is 4. The van der Waals surface area contributed by atoms with Crippen molar-refractivity contribution in [2.24, 2.45) is 5.73 Å². The van der Waals surface area contributed by atoms with E-state index in [1.165, 1.54) is 17.8 Å². The van der Waals surface area contributed by atoms with Crippen molar-refractivity contribution in [2.45, 2.75) is 23.8 Å². The van der Waals surface area contributed by atoms with Crippen molar-refractivity contribution in [3.8, 4) is 0 Å². The second kappa shape index (κ2) is 6.38. The van der Waals surface area contributed by atoms with Gasteiger partial charge in [0.25, 0.3) is 5.56 Å². The van der Waals surface area contributed by atoms with Gasteiger partial charge in [-0.15, -0.1) is 0 Å². The molecular weight excluding hydrogens is 272 g/mol. The van der Waals surface area contributed by atoms with Crippen LogP contribution in [0.15, 0.2) is 46.3 Å². The molecule has 0 bridgehead atoms. The van der Waals surface area contributed by atoms with Crippen molar-refractivity contribution < 1.29 is 0 Å². The van der Waals surface area contributed by atoms with Gasteiger partial charge in [0.1, 0.15) is 0 Å². The minimum atomic E-state index is -0.172. The van der Waals surface area contributed by atoms with Gasteiger partial charge in [0.05, 0.1) is 5.84 Å². The zero-order valence-corrected chi connectivity index (χ0v) is 11.9. The standard InChI is InChI=1S/C14H16N4OS/c1-9-7-13(19)18-14(17-9)20-11(8-12(15)16)10-5-3-2-4-6-10/h2-7,11H,8H2,1H3,(H3,15,16)(H,17,18,19). The fourth-order valence-electron chi connectivity index (χ4n) is 1.84. The quantitative estimate of drug-likeness (QED) is 0.340.